The second-order valence-corrected chi connectivity index (χ2v) is 26.6. The van der Waals surface area contributed by atoms with E-state index in [2.05, 4.69) is 62.8 Å². The fourth-order valence-corrected chi connectivity index (χ4v) is 11.5. The first-order valence-electron chi connectivity index (χ1n) is 33.3. The first-order chi connectivity index (χ1) is 48.4. The zero-order valence-corrected chi connectivity index (χ0v) is 58.9. The molecule has 0 spiro atoms. The van der Waals surface area contributed by atoms with Crippen LogP contribution in [-0.2, 0) is 75.2 Å². The van der Waals surface area contributed by atoms with E-state index >= 15 is 0 Å². The molecule has 1 aliphatic heterocycles. The third-order valence-electron chi connectivity index (χ3n) is 16.5. The molecule has 7 atom stereocenters. The Balaban J connectivity index is 1.25. The van der Waals surface area contributed by atoms with E-state index in [4.69, 9.17) is 11.5 Å². The smallest absolute Gasteiger partial charge is 0.317 e. The van der Waals surface area contributed by atoms with Crippen molar-refractivity contribution in [1.82, 2.24) is 77.1 Å². The molecule has 2 aromatic heterocycles. The van der Waals surface area contributed by atoms with E-state index in [1.807, 2.05) is 20.1 Å². The summed E-state index contributed by atoms with van der Waals surface area (Å²) in [6.07, 6.45) is 5.65. The van der Waals surface area contributed by atoms with Crippen molar-refractivity contribution >= 4 is 111 Å². The van der Waals surface area contributed by atoms with Crippen LogP contribution in [0.2, 0.25) is 0 Å². The molecule has 1 saturated heterocycles. The van der Waals surface area contributed by atoms with Crippen molar-refractivity contribution < 1.29 is 82.4 Å². The molecule has 2 aromatic carbocycles. The van der Waals surface area contributed by atoms with Crippen LogP contribution in [0.4, 0.5) is 5.69 Å². The molecule has 5 rings (SSSR count). The van der Waals surface area contributed by atoms with Gasteiger partial charge in [0.15, 0.2) is 0 Å². The Morgan fingerprint density at radius 3 is 1.62 bits per heavy atom. The molecule has 4 aromatic rings. The number of nitrogens with one attached hydrogen (secondary N) is 11. The minimum absolute atomic E-state index is 0.00115. The lowest BCUT2D eigenvalue weighted by Crippen LogP contribution is -2.59. The van der Waals surface area contributed by atoms with Gasteiger partial charge in [-0.15, -0.1) is 0 Å². The zero-order valence-electron chi connectivity index (χ0n) is 58.0. The van der Waals surface area contributed by atoms with Crippen LogP contribution in [-0.4, -0.2) is 272 Å². The number of benzene rings is 2. The largest absolute Gasteiger partial charge is 0.480 e. The van der Waals surface area contributed by atoms with Gasteiger partial charge in [-0.25, -0.2) is 4.98 Å². The summed E-state index contributed by atoms with van der Waals surface area (Å²) >= 11 is 1.45. The van der Waals surface area contributed by atoms with Crippen LogP contribution < -0.4 is 59.3 Å². The van der Waals surface area contributed by atoms with Crippen LogP contribution in [0.3, 0.4) is 0 Å². The molecule has 0 unspecified atom stereocenters. The van der Waals surface area contributed by atoms with Crippen molar-refractivity contribution in [1.29, 1.82) is 0 Å². The maximum absolute atomic E-state index is 14.5. The van der Waals surface area contributed by atoms with Gasteiger partial charge in [0.2, 0.25) is 59.1 Å². The van der Waals surface area contributed by atoms with Gasteiger partial charge in [0.25, 0.3) is 5.91 Å². The maximum atomic E-state index is 14.5. The van der Waals surface area contributed by atoms with E-state index in [1.54, 1.807) is 63.9 Å². The van der Waals surface area contributed by atoms with Crippen molar-refractivity contribution in [3.8, 4) is 0 Å². The first kappa shape index (κ1) is 82.6. The number of nitrogens with zero attached hydrogens (tertiary/aromatic N) is 5. The van der Waals surface area contributed by atoms with Crippen LogP contribution in [0.25, 0.3) is 10.9 Å². The number of rotatable bonds is 39. The molecule has 1 aliphatic rings. The average Bonchev–Trinajstić information content (AvgIpc) is 1.66. The molecule has 0 aliphatic carbocycles. The van der Waals surface area contributed by atoms with Gasteiger partial charge in [-0.2, -0.15) is 11.8 Å². The average molecular weight is 1450 g/mol. The highest BCUT2D eigenvalue weighted by atomic mass is 32.2. The number of imidazole rings is 1. The number of aromatic amines is 2. The number of hydrogen-bond donors (Lipinski definition) is 16. The Kier molecular flexibility index (Phi) is 33.7. The number of carbonyl (C=O) groups excluding carboxylic acids is 11. The second-order valence-electron chi connectivity index (χ2n) is 25.6. The van der Waals surface area contributed by atoms with Crippen LogP contribution >= 0.6 is 11.8 Å². The van der Waals surface area contributed by atoms with Crippen molar-refractivity contribution in [3.05, 3.63) is 84.1 Å². The predicted octanol–water partition coefficient (Wildman–Crippen LogP) is -2.86. The third-order valence-corrected chi connectivity index (χ3v) is 17.1. The van der Waals surface area contributed by atoms with E-state index in [9.17, 15) is 82.4 Å². The summed E-state index contributed by atoms with van der Waals surface area (Å²) in [4.78, 5) is 201. The summed E-state index contributed by atoms with van der Waals surface area (Å²) in [6, 6.07) is 3.58. The number of amides is 11. The summed E-state index contributed by atoms with van der Waals surface area (Å²) < 4.78 is 0. The van der Waals surface area contributed by atoms with Crippen LogP contribution in [0.15, 0.2) is 67.3 Å². The number of H-pyrrole nitrogens is 2. The molecular formula is C66H96N18O17S. The number of para-hydroxylation sites is 1. The Hall–Kier alpha value is -10.0. The molecule has 558 valence electrons. The topological polar surface area (TPSA) is 517 Å². The van der Waals surface area contributed by atoms with Gasteiger partial charge in [0.1, 0.15) is 42.3 Å². The summed E-state index contributed by atoms with van der Waals surface area (Å²) in [5, 5.41) is 53.0. The maximum Gasteiger partial charge on any atom is 0.317 e. The van der Waals surface area contributed by atoms with Crippen LogP contribution in [0.5, 0.6) is 0 Å². The second kappa shape index (κ2) is 41.6. The van der Waals surface area contributed by atoms with Crippen LogP contribution in [0, 0.1) is 11.8 Å². The van der Waals surface area contributed by atoms with E-state index in [0.29, 0.717) is 27.9 Å². The van der Waals surface area contributed by atoms with Gasteiger partial charge in [-0.05, 0) is 85.9 Å². The molecule has 0 saturated carbocycles. The SMILES string of the molecule is CSCC[C@H](NC(=O)[C@H](CC(C)C)NC(=O)[C@H](Cc1cnc[nH]1)NC(=O)CNC(=O)[C@@H](NC(=O)[C@H](C)NC(=O)[C@H](Cc1c[nH]c2ccccc12)NC(=O)[C@H](CCC(N)=O)NC(=O)c1ccc(NC(=O)CN2CCN(CC(=O)O)CCN(CC(=O)O)CCN(CC(=O)O)CC2)cc1)C(C)C)C(N)=O. The van der Waals surface area contributed by atoms with Gasteiger partial charge in [-0.1, -0.05) is 45.9 Å². The quantitative estimate of drug-likeness (QED) is 0.0214. The van der Waals surface area contributed by atoms with Gasteiger partial charge in [0.05, 0.1) is 39.1 Å². The van der Waals surface area contributed by atoms with Crippen molar-refractivity contribution in [3.63, 3.8) is 0 Å². The predicted molar refractivity (Wildman–Crippen MR) is 374 cm³/mol. The normalized spacial score (nSPS) is 15.6. The Bertz CT molecular complexity index is 3510. The number of carboxylic acids is 3. The standard InChI is InChI=1S/C66H96N18O17S/c1-38(2)27-49(64(99)76-47(59(68)94)17-26-102-6)78-65(100)51(29-44-31-69-37-72-44)75-53(86)32-71-66(101)58(39(3)4)80-60(95)40(5)73-63(98)50(28-42-30-70-46-10-8-7-9-45(42)46)79-62(97)48(15-16-52(67)85)77-61(96)41-11-13-43(14-12-41)74-54(87)33-81-18-20-82(34-55(88)89)22-24-84(36-57(92)93)25-23-83(21-19-81)35-56(90)91/h7-14,30-31,37-40,47-51,58,70H,15-29,32-36H2,1-6H3,(H2,67,85)(H2,68,94)(H,69,72)(H,71,101)(H,73,98)(H,74,87)(H,75,86)(H,76,99)(H,77,96)(H,78,100)(H,79,97)(H,80,95)(H,88,89)(H,90,91)(H,92,93)/t40-,47-,48-,49-,50-,51-,58-/m0/s1. The molecule has 36 heteroatoms. The minimum atomic E-state index is -1.49. The number of fused-ring (bicyclic) bond motifs is 1. The van der Waals surface area contributed by atoms with E-state index in [0.717, 1.165) is 0 Å². The lowest BCUT2D eigenvalue weighted by atomic mass is 10.0. The van der Waals surface area contributed by atoms with E-state index in [-0.39, 0.29) is 128 Å². The first-order valence-corrected chi connectivity index (χ1v) is 34.7. The van der Waals surface area contributed by atoms with Crippen molar-refractivity contribution in [2.24, 2.45) is 23.3 Å². The third kappa shape index (κ3) is 28.9. The lowest BCUT2D eigenvalue weighted by Gasteiger charge is -2.32. The fourth-order valence-electron chi connectivity index (χ4n) is 11.0. The highest BCUT2D eigenvalue weighted by molar-refractivity contribution is 7.98. The molecule has 102 heavy (non-hydrogen) atoms. The number of aromatic nitrogens is 3. The molecule has 0 radical (unpaired) electrons. The van der Waals surface area contributed by atoms with E-state index < -0.39 is 144 Å². The molecular weight excluding hydrogens is 1350 g/mol. The number of thioether (sulfide) groups is 1. The van der Waals surface area contributed by atoms with Gasteiger partial charge in [0, 0.05) is 112 Å². The number of hydrogen-bond acceptors (Lipinski definition) is 20. The summed E-state index contributed by atoms with van der Waals surface area (Å²) in [7, 11) is 0. The molecule has 1 fully saturated rings. The van der Waals surface area contributed by atoms with Crippen LogP contribution in [0.1, 0.15) is 81.9 Å². The summed E-state index contributed by atoms with van der Waals surface area (Å²) in [5.41, 5.74) is 13.0. The number of nitrogens with two attached hydrogens (primary N) is 2. The van der Waals surface area contributed by atoms with Crippen molar-refractivity contribution in [2.75, 3.05) is 102 Å². The number of carboxylic acid groups (broad SMARTS) is 3. The fraction of sp³-hybridized carbons (Fsp3) is 0.530. The molecule has 18 N–H and O–H groups in total. The van der Waals surface area contributed by atoms with Crippen molar-refractivity contribution in [2.45, 2.75) is 115 Å². The monoisotopic (exact) mass is 1440 g/mol. The van der Waals surface area contributed by atoms with E-state index in [1.165, 1.54) is 55.5 Å². The Labute approximate surface area is 593 Å². The lowest BCUT2D eigenvalue weighted by molar-refractivity contribution is -0.140. The molecule has 0 bridgehead atoms. The highest BCUT2D eigenvalue weighted by Gasteiger charge is 2.34. The number of carbonyl (C=O) groups is 14. The highest BCUT2D eigenvalue weighted by Crippen LogP contribution is 2.20. The Morgan fingerprint density at radius 1 is 0.559 bits per heavy atom. The number of aliphatic carboxylic acids is 3. The molecule has 3 heterocycles. The van der Waals surface area contributed by atoms with Gasteiger partial charge < -0.3 is 84.6 Å². The van der Waals surface area contributed by atoms with Gasteiger partial charge in [-0.3, -0.25) is 86.7 Å². The number of anilines is 1. The Morgan fingerprint density at radius 2 is 1.09 bits per heavy atom. The number of primary amides is 2. The molecule has 35 nitrogen and oxygen atoms in total. The summed E-state index contributed by atoms with van der Waals surface area (Å²) in [5.74, 6) is -12.1. The van der Waals surface area contributed by atoms with Gasteiger partial charge >= 0.3 is 17.9 Å². The zero-order chi connectivity index (χ0) is 75.2. The minimum Gasteiger partial charge on any atom is -0.480 e. The summed E-state index contributed by atoms with van der Waals surface area (Å²) in [6.45, 7) is 7.73. The molecule has 11 amide bonds.